The van der Waals surface area contributed by atoms with Crippen molar-refractivity contribution in [3.8, 4) is 5.69 Å². The number of carbonyl (C=O) groups excluding carboxylic acids is 1. The van der Waals surface area contributed by atoms with Gasteiger partial charge in [0.25, 0.3) is 5.91 Å². The zero-order valence-corrected chi connectivity index (χ0v) is 17.2. The van der Waals surface area contributed by atoms with E-state index >= 15 is 0 Å². The van der Waals surface area contributed by atoms with Gasteiger partial charge in [-0.15, -0.1) is 0 Å². The minimum atomic E-state index is -0.206. The number of hydrogen-bond donors (Lipinski definition) is 1. The molecule has 0 saturated carbocycles. The van der Waals surface area contributed by atoms with Crippen molar-refractivity contribution < 1.29 is 4.79 Å². The fraction of sp³-hybridized carbons (Fsp3) is 0.250. The number of benzene rings is 1. The number of rotatable bonds is 5. The minimum absolute atomic E-state index is 0.206. The van der Waals surface area contributed by atoms with Crippen molar-refractivity contribution in [2.45, 2.75) is 38.6 Å². The standard InChI is InChI=1S/C24H24N6O/c31-24(26-22-13-16-29(27-22)17-18-11-14-25-15-12-18)23-20-9-5-2-6-10-21(20)30(28-23)19-7-3-1-4-8-19/h1,3-4,7-8,11-16H,2,5-6,9-10,17H2,(H,26,27,31). The quantitative estimate of drug-likeness (QED) is 0.502. The molecule has 3 aromatic heterocycles. The molecule has 1 aliphatic carbocycles. The molecule has 0 saturated heterocycles. The number of fused-ring (bicyclic) bond motifs is 1. The fourth-order valence-electron chi connectivity index (χ4n) is 4.11. The van der Waals surface area contributed by atoms with Crippen molar-refractivity contribution >= 4 is 11.7 Å². The highest BCUT2D eigenvalue weighted by Crippen LogP contribution is 2.27. The predicted octanol–water partition coefficient (Wildman–Crippen LogP) is 4.03. The van der Waals surface area contributed by atoms with E-state index in [1.165, 1.54) is 6.42 Å². The summed E-state index contributed by atoms with van der Waals surface area (Å²) in [7, 11) is 0. The highest BCUT2D eigenvalue weighted by atomic mass is 16.2. The third-order valence-electron chi connectivity index (χ3n) is 5.62. The van der Waals surface area contributed by atoms with Gasteiger partial charge in [-0.2, -0.15) is 10.2 Å². The van der Waals surface area contributed by atoms with Crippen molar-refractivity contribution in [3.63, 3.8) is 0 Å². The summed E-state index contributed by atoms with van der Waals surface area (Å²) >= 11 is 0. The summed E-state index contributed by atoms with van der Waals surface area (Å²) in [5.74, 6) is 0.317. The summed E-state index contributed by atoms with van der Waals surface area (Å²) in [5.41, 5.74) is 4.81. The van der Waals surface area contributed by atoms with Gasteiger partial charge in [-0.3, -0.25) is 14.5 Å². The molecule has 3 heterocycles. The Morgan fingerprint density at radius 3 is 2.58 bits per heavy atom. The smallest absolute Gasteiger partial charge is 0.277 e. The van der Waals surface area contributed by atoms with Crippen LogP contribution in [0.4, 0.5) is 5.82 Å². The average Bonchev–Trinajstić information content (AvgIpc) is 3.31. The van der Waals surface area contributed by atoms with Crippen LogP contribution in [-0.2, 0) is 19.4 Å². The molecule has 7 nitrogen and oxygen atoms in total. The van der Waals surface area contributed by atoms with Crippen LogP contribution in [0.1, 0.15) is 46.6 Å². The van der Waals surface area contributed by atoms with E-state index in [9.17, 15) is 4.79 Å². The third-order valence-corrected chi connectivity index (χ3v) is 5.62. The van der Waals surface area contributed by atoms with E-state index in [0.29, 0.717) is 18.1 Å². The van der Waals surface area contributed by atoms with Crippen LogP contribution in [0.3, 0.4) is 0 Å². The Bertz CT molecular complexity index is 1180. The number of carbonyl (C=O) groups is 1. The van der Waals surface area contributed by atoms with Crippen LogP contribution in [0.5, 0.6) is 0 Å². The lowest BCUT2D eigenvalue weighted by atomic mass is 10.1. The van der Waals surface area contributed by atoms with Crippen molar-refractivity contribution in [1.29, 1.82) is 0 Å². The predicted molar refractivity (Wildman–Crippen MR) is 118 cm³/mol. The highest BCUT2D eigenvalue weighted by molar-refractivity contribution is 6.03. The molecule has 1 aromatic carbocycles. The van der Waals surface area contributed by atoms with E-state index in [2.05, 4.69) is 15.4 Å². The summed E-state index contributed by atoms with van der Waals surface area (Å²) < 4.78 is 3.74. The van der Waals surface area contributed by atoms with Crippen molar-refractivity contribution in [3.05, 3.63) is 89.6 Å². The van der Waals surface area contributed by atoms with Crippen LogP contribution in [0.25, 0.3) is 5.69 Å². The van der Waals surface area contributed by atoms with E-state index in [4.69, 9.17) is 5.10 Å². The third kappa shape index (κ3) is 4.12. The van der Waals surface area contributed by atoms with Gasteiger partial charge < -0.3 is 5.32 Å². The molecule has 31 heavy (non-hydrogen) atoms. The van der Waals surface area contributed by atoms with Crippen LogP contribution >= 0.6 is 0 Å². The molecule has 4 aromatic rings. The van der Waals surface area contributed by atoms with Crippen molar-refractivity contribution in [2.24, 2.45) is 0 Å². The van der Waals surface area contributed by atoms with Gasteiger partial charge in [0.1, 0.15) is 0 Å². The second kappa shape index (κ2) is 8.55. The number of pyridine rings is 1. The minimum Gasteiger partial charge on any atom is -0.304 e. The molecular formula is C24H24N6O. The number of anilines is 1. The van der Waals surface area contributed by atoms with Gasteiger partial charge in [0.05, 0.1) is 12.2 Å². The Labute approximate surface area is 180 Å². The molecule has 0 aliphatic heterocycles. The van der Waals surface area contributed by atoms with Crippen LogP contribution in [-0.4, -0.2) is 30.5 Å². The Kier molecular flexibility index (Phi) is 5.31. The molecule has 0 atom stereocenters. The lowest BCUT2D eigenvalue weighted by Gasteiger charge is -2.06. The Hall–Kier alpha value is -3.74. The molecule has 0 fully saturated rings. The first-order chi connectivity index (χ1) is 15.3. The SMILES string of the molecule is O=C(Nc1ccn(Cc2ccncc2)n1)c1nn(-c2ccccc2)c2c1CCCCC2. The van der Waals surface area contributed by atoms with Gasteiger partial charge in [-0.1, -0.05) is 24.6 Å². The highest BCUT2D eigenvalue weighted by Gasteiger charge is 2.25. The monoisotopic (exact) mass is 412 g/mol. The molecule has 7 heteroatoms. The first kappa shape index (κ1) is 19.2. The topological polar surface area (TPSA) is 77.6 Å². The molecule has 1 amide bonds. The van der Waals surface area contributed by atoms with E-state index in [-0.39, 0.29) is 5.91 Å². The molecule has 0 bridgehead atoms. The van der Waals surface area contributed by atoms with E-state index in [0.717, 1.165) is 48.2 Å². The molecule has 0 spiro atoms. The van der Waals surface area contributed by atoms with Gasteiger partial charge in [0.15, 0.2) is 11.5 Å². The number of nitrogens with zero attached hydrogens (tertiary/aromatic N) is 5. The number of para-hydroxylation sites is 1. The second-order valence-electron chi connectivity index (χ2n) is 7.79. The summed E-state index contributed by atoms with van der Waals surface area (Å²) in [6.07, 6.45) is 10.6. The maximum Gasteiger partial charge on any atom is 0.277 e. The molecule has 0 radical (unpaired) electrons. The molecule has 1 N–H and O–H groups in total. The van der Waals surface area contributed by atoms with E-state index in [1.54, 1.807) is 17.1 Å². The van der Waals surface area contributed by atoms with Crippen LogP contribution in [0.15, 0.2) is 67.1 Å². The Balaban J connectivity index is 1.40. The number of nitrogens with one attached hydrogen (secondary N) is 1. The fourth-order valence-corrected chi connectivity index (χ4v) is 4.11. The number of aromatic nitrogens is 5. The van der Waals surface area contributed by atoms with Gasteiger partial charge in [0.2, 0.25) is 0 Å². The van der Waals surface area contributed by atoms with E-state index in [1.807, 2.05) is 59.4 Å². The summed E-state index contributed by atoms with van der Waals surface area (Å²) in [6, 6.07) is 15.7. The zero-order chi connectivity index (χ0) is 21.0. The lowest BCUT2D eigenvalue weighted by Crippen LogP contribution is -2.15. The Morgan fingerprint density at radius 2 is 1.74 bits per heavy atom. The largest absolute Gasteiger partial charge is 0.304 e. The van der Waals surface area contributed by atoms with E-state index < -0.39 is 0 Å². The summed E-state index contributed by atoms with van der Waals surface area (Å²) in [4.78, 5) is 17.2. The first-order valence-corrected chi connectivity index (χ1v) is 10.7. The van der Waals surface area contributed by atoms with Crippen LogP contribution in [0.2, 0.25) is 0 Å². The maximum absolute atomic E-state index is 13.2. The molecule has 156 valence electrons. The normalized spacial score (nSPS) is 13.4. The molecular weight excluding hydrogens is 388 g/mol. The lowest BCUT2D eigenvalue weighted by molar-refractivity contribution is 0.102. The van der Waals surface area contributed by atoms with Crippen LogP contribution in [0, 0.1) is 0 Å². The molecule has 5 rings (SSSR count). The van der Waals surface area contributed by atoms with Gasteiger partial charge in [-0.25, -0.2) is 4.68 Å². The molecule has 1 aliphatic rings. The Morgan fingerprint density at radius 1 is 0.935 bits per heavy atom. The van der Waals surface area contributed by atoms with Crippen LogP contribution < -0.4 is 5.32 Å². The maximum atomic E-state index is 13.2. The number of amides is 1. The first-order valence-electron chi connectivity index (χ1n) is 10.7. The molecule has 0 unspecified atom stereocenters. The van der Waals surface area contributed by atoms with Crippen molar-refractivity contribution in [2.75, 3.05) is 5.32 Å². The van der Waals surface area contributed by atoms with Gasteiger partial charge in [-0.05, 0) is 55.5 Å². The zero-order valence-electron chi connectivity index (χ0n) is 17.2. The summed E-state index contributed by atoms with van der Waals surface area (Å²) in [5, 5.41) is 12.2. The average molecular weight is 412 g/mol. The second-order valence-corrected chi connectivity index (χ2v) is 7.79. The van der Waals surface area contributed by atoms with Gasteiger partial charge in [0, 0.05) is 35.9 Å². The van der Waals surface area contributed by atoms with Gasteiger partial charge >= 0.3 is 0 Å². The summed E-state index contributed by atoms with van der Waals surface area (Å²) in [6.45, 7) is 0.621. The van der Waals surface area contributed by atoms with Crippen molar-refractivity contribution in [1.82, 2.24) is 24.5 Å². The number of hydrogen-bond acceptors (Lipinski definition) is 4.